The van der Waals surface area contributed by atoms with E-state index in [9.17, 15) is 40.0 Å². The van der Waals surface area contributed by atoms with E-state index in [-0.39, 0.29) is 0 Å². The van der Waals surface area contributed by atoms with Crippen LogP contribution in [0.4, 0.5) is 22.0 Å². The number of carbonyl (C=O) groups excluding carboxylic acids is 2. The van der Waals surface area contributed by atoms with Gasteiger partial charge in [0.15, 0.2) is 0 Å². The molecule has 0 heterocycles. The second-order valence-electron chi connectivity index (χ2n) is 9.71. The standard InChI is InChI=1S/C21H21F5INO6S/c22-20(23,24)17(21(25,26)35(31,32)33)28-16(29)14-2-1-13(27)6-15(14)34-18(30)19-7-10-3-11(8-19)5-12(4-10)9-19/h1-2,6,10-12,17H,3-5,7-9H2,(H,28,29)(H,31,32,33). The first-order chi connectivity index (χ1) is 16.0. The van der Waals surface area contributed by atoms with Crippen LogP contribution in [0.15, 0.2) is 18.2 Å². The van der Waals surface area contributed by atoms with Gasteiger partial charge in [-0.25, -0.2) is 0 Å². The molecular weight excluding hydrogens is 616 g/mol. The predicted molar refractivity (Wildman–Crippen MR) is 119 cm³/mol. The molecule has 1 unspecified atom stereocenters. The van der Waals surface area contributed by atoms with Crippen LogP contribution in [0.25, 0.3) is 0 Å². The Morgan fingerprint density at radius 1 is 1.06 bits per heavy atom. The SMILES string of the molecule is O=C(NC(C(F)(F)F)C(F)(F)S(=O)(=O)O)c1ccc(I)cc1OC(=O)C12CC3CC(CC(C3)C1)C2. The number of carbonyl (C=O) groups is 2. The molecule has 5 rings (SSSR count). The number of halogens is 6. The van der Waals surface area contributed by atoms with Crippen LogP contribution in [0.5, 0.6) is 5.75 Å². The van der Waals surface area contributed by atoms with Crippen LogP contribution in [0.2, 0.25) is 0 Å². The molecule has 4 aliphatic rings. The molecule has 35 heavy (non-hydrogen) atoms. The molecule has 1 amide bonds. The lowest BCUT2D eigenvalue weighted by Crippen LogP contribution is -2.59. The summed E-state index contributed by atoms with van der Waals surface area (Å²) in [7, 11) is -6.53. The molecule has 4 bridgehead atoms. The first kappa shape index (κ1) is 26.5. The molecule has 0 aliphatic heterocycles. The largest absolute Gasteiger partial charge is 0.425 e. The summed E-state index contributed by atoms with van der Waals surface area (Å²) in [5.74, 6) is -1.66. The fraction of sp³-hybridized carbons (Fsp3) is 0.619. The third-order valence-corrected chi connectivity index (χ3v) is 8.74. The van der Waals surface area contributed by atoms with Crippen LogP contribution in [0, 0.1) is 26.7 Å². The van der Waals surface area contributed by atoms with Crippen molar-refractivity contribution in [1.82, 2.24) is 5.32 Å². The van der Waals surface area contributed by atoms with Crippen LogP contribution in [0.1, 0.15) is 48.9 Å². The molecule has 194 valence electrons. The van der Waals surface area contributed by atoms with Gasteiger partial charge in [0.1, 0.15) is 5.75 Å². The van der Waals surface area contributed by atoms with E-state index in [1.165, 1.54) is 12.1 Å². The zero-order valence-corrected chi connectivity index (χ0v) is 20.9. The van der Waals surface area contributed by atoms with Crippen molar-refractivity contribution in [2.75, 3.05) is 0 Å². The maximum Gasteiger partial charge on any atom is 0.415 e. The Labute approximate surface area is 211 Å². The van der Waals surface area contributed by atoms with Crippen molar-refractivity contribution < 1.29 is 49.2 Å². The monoisotopic (exact) mass is 637 g/mol. The molecule has 0 radical (unpaired) electrons. The normalized spacial score (nSPS) is 29.1. The number of amides is 1. The first-order valence-corrected chi connectivity index (χ1v) is 13.3. The number of rotatable bonds is 6. The smallest absolute Gasteiger partial charge is 0.415 e. The Bertz CT molecular complexity index is 1120. The quantitative estimate of drug-likeness (QED) is 0.156. The van der Waals surface area contributed by atoms with Gasteiger partial charge in [0.2, 0.25) is 6.04 Å². The van der Waals surface area contributed by atoms with Crippen molar-refractivity contribution in [1.29, 1.82) is 0 Å². The second kappa shape index (κ2) is 8.78. The fourth-order valence-corrected chi connectivity index (χ4v) is 7.00. The van der Waals surface area contributed by atoms with Crippen molar-refractivity contribution in [3.05, 3.63) is 27.3 Å². The topological polar surface area (TPSA) is 110 Å². The van der Waals surface area contributed by atoms with Gasteiger partial charge in [-0.15, -0.1) is 0 Å². The first-order valence-electron chi connectivity index (χ1n) is 10.8. The van der Waals surface area contributed by atoms with Crippen molar-refractivity contribution in [3.63, 3.8) is 0 Å². The van der Waals surface area contributed by atoms with Crippen molar-refractivity contribution in [2.24, 2.45) is 23.2 Å². The third-order valence-electron chi connectivity index (χ3n) is 7.14. The van der Waals surface area contributed by atoms with E-state index in [1.807, 2.05) is 22.6 Å². The van der Waals surface area contributed by atoms with E-state index in [2.05, 4.69) is 0 Å². The fourth-order valence-electron chi connectivity index (χ4n) is 6.05. The van der Waals surface area contributed by atoms with Gasteiger partial charge in [-0.05, 0) is 97.1 Å². The van der Waals surface area contributed by atoms with Crippen molar-refractivity contribution in [3.8, 4) is 5.75 Å². The lowest BCUT2D eigenvalue weighted by molar-refractivity contribution is -0.191. The van der Waals surface area contributed by atoms with Gasteiger partial charge in [0, 0.05) is 3.57 Å². The van der Waals surface area contributed by atoms with Crippen molar-refractivity contribution in [2.45, 2.75) is 56.0 Å². The van der Waals surface area contributed by atoms with Gasteiger partial charge in [0.25, 0.3) is 5.91 Å². The maximum atomic E-state index is 13.9. The van der Waals surface area contributed by atoms with E-state index in [0.29, 0.717) is 40.6 Å². The van der Waals surface area contributed by atoms with Gasteiger partial charge >= 0.3 is 27.5 Å². The average Bonchev–Trinajstić information content (AvgIpc) is 2.69. The predicted octanol–water partition coefficient (Wildman–Crippen LogP) is 4.55. The van der Waals surface area contributed by atoms with Gasteiger partial charge in [0.05, 0.1) is 11.0 Å². The highest BCUT2D eigenvalue weighted by Gasteiger charge is 2.64. The third kappa shape index (κ3) is 5.02. The summed E-state index contributed by atoms with van der Waals surface area (Å²) >= 11 is 1.81. The van der Waals surface area contributed by atoms with Crippen LogP contribution >= 0.6 is 22.6 Å². The number of alkyl halides is 5. The summed E-state index contributed by atoms with van der Waals surface area (Å²) in [6, 6.07) is -0.778. The molecule has 0 saturated heterocycles. The molecule has 1 aromatic rings. The summed E-state index contributed by atoms with van der Waals surface area (Å²) in [5, 5.41) is -4.82. The Balaban J connectivity index is 1.61. The number of hydrogen-bond acceptors (Lipinski definition) is 5. The molecule has 2 N–H and O–H groups in total. The van der Waals surface area contributed by atoms with Gasteiger partial charge < -0.3 is 10.1 Å². The van der Waals surface area contributed by atoms with E-state index >= 15 is 0 Å². The van der Waals surface area contributed by atoms with E-state index in [0.717, 1.165) is 30.6 Å². The minimum Gasteiger partial charge on any atom is -0.425 e. The zero-order valence-electron chi connectivity index (χ0n) is 17.9. The molecule has 1 aromatic carbocycles. The van der Waals surface area contributed by atoms with E-state index < -0.39 is 56.2 Å². The highest BCUT2D eigenvalue weighted by atomic mass is 127. The zero-order chi connectivity index (χ0) is 26.0. The molecule has 4 aliphatic carbocycles. The second-order valence-corrected chi connectivity index (χ2v) is 12.5. The van der Waals surface area contributed by atoms with Crippen molar-refractivity contribution >= 4 is 44.6 Å². The number of benzene rings is 1. The Morgan fingerprint density at radius 3 is 2.03 bits per heavy atom. The molecular formula is C21H21F5INO6S. The highest BCUT2D eigenvalue weighted by Crippen LogP contribution is 2.60. The van der Waals surface area contributed by atoms with Gasteiger partial charge in [-0.2, -0.15) is 30.4 Å². The van der Waals surface area contributed by atoms with Crippen LogP contribution in [0.3, 0.4) is 0 Å². The minimum absolute atomic E-state index is 0.377. The van der Waals surface area contributed by atoms with Gasteiger partial charge in [-0.1, -0.05) is 0 Å². The van der Waals surface area contributed by atoms with Gasteiger partial charge in [-0.3, -0.25) is 14.1 Å². The Kier molecular flexibility index (Phi) is 6.65. The molecule has 0 aromatic heterocycles. The molecule has 7 nitrogen and oxygen atoms in total. The number of hydrogen-bond donors (Lipinski definition) is 2. The molecule has 0 spiro atoms. The van der Waals surface area contributed by atoms with Crippen LogP contribution < -0.4 is 10.1 Å². The Morgan fingerprint density at radius 2 is 1.57 bits per heavy atom. The summed E-state index contributed by atoms with van der Waals surface area (Å²) in [5.41, 5.74) is -1.43. The van der Waals surface area contributed by atoms with E-state index in [4.69, 9.17) is 9.29 Å². The van der Waals surface area contributed by atoms with Crippen LogP contribution in [-0.2, 0) is 14.9 Å². The highest BCUT2D eigenvalue weighted by molar-refractivity contribution is 14.1. The Hall–Kier alpha value is -1.55. The molecule has 4 fully saturated rings. The number of nitrogens with one attached hydrogen (secondary N) is 1. The molecule has 1 atom stereocenters. The number of esters is 1. The summed E-state index contributed by atoms with van der Waals surface area (Å²) in [4.78, 5) is 25.9. The van der Waals surface area contributed by atoms with E-state index in [1.54, 1.807) is 0 Å². The molecule has 14 heteroatoms. The maximum absolute atomic E-state index is 13.9. The summed E-state index contributed by atoms with van der Waals surface area (Å²) in [6.45, 7) is 0. The lowest BCUT2D eigenvalue weighted by Gasteiger charge is -2.55. The lowest BCUT2D eigenvalue weighted by atomic mass is 9.49. The summed E-state index contributed by atoms with van der Waals surface area (Å²) in [6.07, 6.45) is -1.01. The average molecular weight is 637 g/mol. The molecule has 4 saturated carbocycles. The number of ether oxygens (including phenoxy) is 1. The summed E-state index contributed by atoms with van der Waals surface area (Å²) < 4.78 is 104. The minimum atomic E-state index is -6.53. The van der Waals surface area contributed by atoms with Crippen LogP contribution in [-0.4, -0.2) is 42.3 Å².